The molecule has 0 amide bonds. The molecule has 1 aliphatic rings. The van der Waals surface area contributed by atoms with Gasteiger partial charge >= 0.3 is 0 Å². The smallest absolute Gasteiger partial charge is 0.235 e. The van der Waals surface area contributed by atoms with E-state index in [2.05, 4.69) is 4.99 Å². The van der Waals surface area contributed by atoms with E-state index in [1.165, 1.54) is 14.2 Å². The van der Waals surface area contributed by atoms with Gasteiger partial charge in [0.2, 0.25) is 6.08 Å². The van der Waals surface area contributed by atoms with Crippen LogP contribution in [0, 0.1) is 19.7 Å². The van der Waals surface area contributed by atoms with E-state index in [1.54, 1.807) is 19.9 Å². The molecule has 0 radical (unpaired) electrons. The number of hydrogen-bond acceptors (Lipinski definition) is 4. The van der Waals surface area contributed by atoms with Crippen molar-refractivity contribution < 1.29 is 18.7 Å². The van der Waals surface area contributed by atoms with Crippen LogP contribution in [0.2, 0.25) is 0 Å². The topological polar surface area (TPSA) is 47.9 Å². The second-order valence-electron chi connectivity index (χ2n) is 5.45. The molecule has 0 bridgehead atoms. The second kappa shape index (κ2) is 5.86. The maximum Gasteiger partial charge on any atom is 0.235 e. The third-order valence-corrected chi connectivity index (χ3v) is 4.37. The summed E-state index contributed by atoms with van der Waals surface area (Å²) in [6.07, 6.45) is 4.90. The Hall–Kier alpha value is -1.87. The van der Waals surface area contributed by atoms with Crippen LogP contribution in [0.3, 0.4) is 0 Å². The lowest BCUT2D eigenvalue weighted by Gasteiger charge is -2.29. The third-order valence-electron chi connectivity index (χ3n) is 4.37. The van der Waals surface area contributed by atoms with Crippen LogP contribution in [0.4, 0.5) is 4.39 Å². The number of halogens is 1. The van der Waals surface area contributed by atoms with E-state index in [4.69, 9.17) is 9.47 Å². The maximum atomic E-state index is 14.5. The van der Waals surface area contributed by atoms with Gasteiger partial charge in [0.15, 0.2) is 11.5 Å². The van der Waals surface area contributed by atoms with Crippen LogP contribution in [0.15, 0.2) is 4.99 Å². The zero-order valence-corrected chi connectivity index (χ0v) is 12.9. The van der Waals surface area contributed by atoms with Gasteiger partial charge in [0.1, 0.15) is 11.4 Å². The summed E-state index contributed by atoms with van der Waals surface area (Å²) in [6, 6.07) is 0. The number of nitrogens with zero attached hydrogens (tertiary/aromatic N) is 1. The molecule has 4 nitrogen and oxygen atoms in total. The summed E-state index contributed by atoms with van der Waals surface area (Å²) in [4.78, 5) is 14.9. The molecule has 0 spiro atoms. The monoisotopic (exact) mass is 293 g/mol. The number of carbonyl (C=O) groups excluding carboxylic acids is 1. The molecule has 0 saturated heterocycles. The van der Waals surface area contributed by atoms with E-state index >= 15 is 0 Å². The first-order valence-corrected chi connectivity index (χ1v) is 7.02. The van der Waals surface area contributed by atoms with Crippen LogP contribution in [0.1, 0.15) is 42.4 Å². The fourth-order valence-electron chi connectivity index (χ4n) is 3.41. The molecule has 0 aromatic heterocycles. The molecule has 1 aromatic rings. The highest BCUT2D eigenvalue weighted by Gasteiger charge is 2.41. The molecule has 21 heavy (non-hydrogen) atoms. The normalized spacial score (nSPS) is 16.4. The van der Waals surface area contributed by atoms with Gasteiger partial charge in [0.25, 0.3) is 0 Å². The average Bonchev–Trinajstić information content (AvgIpc) is 2.94. The number of methoxy groups -OCH3 is 2. The minimum Gasteiger partial charge on any atom is -0.492 e. The van der Waals surface area contributed by atoms with Gasteiger partial charge in [-0.15, -0.1) is 0 Å². The lowest BCUT2D eigenvalue weighted by Crippen LogP contribution is -2.23. The summed E-state index contributed by atoms with van der Waals surface area (Å²) < 4.78 is 25.4. The van der Waals surface area contributed by atoms with Crippen LogP contribution >= 0.6 is 0 Å². The number of benzene rings is 1. The molecule has 0 heterocycles. The highest BCUT2D eigenvalue weighted by atomic mass is 19.1. The van der Waals surface area contributed by atoms with Crippen LogP contribution in [-0.4, -0.2) is 20.3 Å². The quantitative estimate of drug-likeness (QED) is 0.630. The molecule has 1 aliphatic carbocycles. The minimum atomic E-state index is -0.751. The van der Waals surface area contributed by atoms with E-state index < -0.39 is 5.54 Å². The molecule has 0 atom stereocenters. The van der Waals surface area contributed by atoms with Crippen molar-refractivity contribution in [1.82, 2.24) is 0 Å². The van der Waals surface area contributed by atoms with Gasteiger partial charge in [-0.2, -0.15) is 4.99 Å². The molecule has 0 N–H and O–H groups in total. The number of hydrogen-bond donors (Lipinski definition) is 0. The third kappa shape index (κ3) is 2.32. The fourth-order valence-corrected chi connectivity index (χ4v) is 3.41. The predicted octanol–water partition coefficient (Wildman–Crippen LogP) is 3.56. The Kier molecular flexibility index (Phi) is 4.33. The van der Waals surface area contributed by atoms with Crippen LogP contribution < -0.4 is 9.47 Å². The summed E-state index contributed by atoms with van der Waals surface area (Å²) >= 11 is 0. The zero-order valence-electron chi connectivity index (χ0n) is 12.9. The van der Waals surface area contributed by atoms with Crippen molar-refractivity contribution in [2.24, 2.45) is 4.99 Å². The fraction of sp³-hybridized carbons (Fsp3) is 0.562. The van der Waals surface area contributed by atoms with E-state index in [0.717, 1.165) is 12.8 Å². The van der Waals surface area contributed by atoms with Crippen molar-refractivity contribution in [3.63, 3.8) is 0 Å². The van der Waals surface area contributed by atoms with Gasteiger partial charge in [0, 0.05) is 11.1 Å². The molecule has 1 fully saturated rings. The summed E-state index contributed by atoms with van der Waals surface area (Å²) in [6.45, 7) is 3.35. The number of ether oxygens (including phenoxy) is 2. The first-order valence-electron chi connectivity index (χ1n) is 7.02. The SMILES string of the molecule is COc1c(C)c(F)c(C)c(C2(N=C=O)CCCC2)c1OC. The average molecular weight is 293 g/mol. The highest BCUT2D eigenvalue weighted by molar-refractivity contribution is 5.59. The Morgan fingerprint density at radius 3 is 2.14 bits per heavy atom. The summed E-state index contributed by atoms with van der Waals surface area (Å²) in [5.74, 6) is 0.493. The molecule has 1 saturated carbocycles. The van der Waals surface area contributed by atoms with E-state index in [1.807, 2.05) is 0 Å². The van der Waals surface area contributed by atoms with E-state index in [0.29, 0.717) is 41.0 Å². The van der Waals surface area contributed by atoms with Crippen molar-refractivity contribution in [2.45, 2.75) is 45.1 Å². The standard InChI is InChI=1S/C16H20FNO3/c1-10-12(16(18-9-19)7-5-6-8-16)15(21-4)14(20-3)11(2)13(10)17/h5-8H2,1-4H3. The largest absolute Gasteiger partial charge is 0.492 e. The van der Waals surface area contributed by atoms with Gasteiger partial charge in [-0.1, -0.05) is 12.8 Å². The minimum absolute atomic E-state index is 0.338. The molecule has 114 valence electrons. The van der Waals surface area contributed by atoms with Crippen LogP contribution in [-0.2, 0) is 10.3 Å². The molecular formula is C16H20FNO3. The first-order chi connectivity index (χ1) is 10.0. The second-order valence-corrected chi connectivity index (χ2v) is 5.45. The zero-order chi connectivity index (χ0) is 15.6. The van der Waals surface area contributed by atoms with Gasteiger partial charge < -0.3 is 9.47 Å². The van der Waals surface area contributed by atoms with Gasteiger partial charge in [-0.25, -0.2) is 9.18 Å². The molecule has 1 aromatic carbocycles. The van der Waals surface area contributed by atoms with Crippen molar-refractivity contribution >= 4 is 6.08 Å². The Morgan fingerprint density at radius 2 is 1.67 bits per heavy atom. The van der Waals surface area contributed by atoms with Crippen molar-refractivity contribution in [2.75, 3.05) is 14.2 Å². The Labute approximate surface area is 124 Å². The molecule has 0 unspecified atom stereocenters. The Balaban J connectivity index is 2.84. The lowest BCUT2D eigenvalue weighted by molar-refractivity contribution is 0.330. The van der Waals surface area contributed by atoms with Crippen molar-refractivity contribution in [1.29, 1.82) is 0 Å². The number of aliphatic imine (C=N–C) groups is 1. The molecule has 5 heteroatoms. The maximum absolute atomic E-state index is 14.5. The Bertz CT molecular complexity index is 600. The molecule has 0 aliphatic heterocycles. The highest BCUT2D eigenvalue weighted by Crippen LogP contribution is 2.51. The van der Waals surface area contributed by atoms with E-state index in [-0.39, 0.29) is 5.82 Å². The summed E-state index contributed by atoms with van der Waals surface area (Å²) in [7, 11) is 3.00. The van der Waals surface area contributed by atoms with Crippen molar-refractivity contribution in [3.05, 3.63) is 22.5 Å². The van der Waals surface area contributed by atoms with Gasteiger partial charge in [-0.05, 0) is 32.3 Å². The van der Waals surface area contributed by atoms with E-state index in [9.17, 15) is 9.18 Å². The first kappa shape index (κ1) is 15.5. The summed E-state index contributed by atoms with van der Waals surface area (Å²) in [5.41, 5.74) is 0.731. The number of rotatable bonds is 4. The summed E-state index contributed by atoms with van der Waals surface area (Å²) in [5, 5.41) is 0. The molecular weight excluding hydrogens is 273 g/mol. The number of isocyanates is 1. The van der Waals surface area contributed by atoms with Crippen molar-refractivity contribution in [3.8, 4) is 11.5 Å². The Morgan fingerprint density at radius 1 is 1.10 bits per heavy atom. The van der Waals surface area contributed by atoms with Crippen LogP contribution in [0.5, 0.6) is 11.5 Å². The van der Waals surface area contributed by atoms with Crippen LogP contribution in [0.25, 0.3) is 0 Å². The lowest BCUT2D eigenvalue weighted by atomic mass is 9.83. The molecule has 2 rings (SSSR count). The van der Waals surface area contributed by atoms with Gasteiger partial charge in [0.05, 0.1) is 14.2 Å². The van der Waals surface area contributed by atoms with Gasteiger partial charge in [-0.3, -0.25) is 0 Å². The predicted molar refractivity (Wildman–Crippen MR) is 77.2 cm³/mol.